The number of piperazine rings is 1. The number of phenols is 1. The highest BCUT2D eigenvalue weighted by atomic mass is 32.1. The first-order valence-electron chi connectivity index (χ1n) is 7.75. The van der Waals surface area contributed by atoms with Crippen LogP contribution < -0.4 is 4.90 Å². The molecule has 4 rings (SSSR count). The standard InChI is InChI=1S/C17H18N4OS/c22-14-5-3-13(4-6-14)21-10-8-20(9-11-21)12-16-19-15-2-1-7-18-17(15)23-16/h1-7,22H,8-12H2. The molecule has 1 aliphatic rings. The molecule has 2 aromatic heterocycles. The lowest BCUT2D eigenvalue weighted by molar-refractivity contribution is 0.249. The van der Waals surface area contributed by atoms with Crippen LogP contribution in [0.25, 0.3) is 10.3 Å². The van der Waals surface area contributed by atoms with Crippen LogP contribution in [-0.2, 0) is 6.54 Å². The molecule has 0 unspecified atom stereocenters. The highest BCUT2D eigenvalue weighted by Gasteiger charge is 2.18. The zero-order valence-corrected chi connectivity index (χ0v) is 13.5. The molecule has 0 amide bonds. The van der Waals surface area contributed by atoms with Crippen LogP contribution in [0, 0.1) is 0 Å². The maximum atomic E-state index is 9.38. The largest absolute Gasteiger partial charge is 0.508 e. The van der Waals surface area contributed by atoms with Crippen LogP contribution >= 0.6 is 11.3 Å². The van der Waals surface area contributed by atoms with Gasteiger partial charge >= 0.3 is 0 Å². The molecule has 1 saturated heterocycles. The fourth-order valence-electron chi connectivity index (χ4n) is 2.90. The highest BCUT2D eigenvalue weighted by Crippen LogP contribution is 2.23. The van der Waals surface area contributed by atoms with Gasteiger partial charge in [-0.2, -0.15) is 0 Å². The van der Waals surface area contributed by atoms with Crippen molar-refractivity contribution in [3.05, 3.63) is 47.6 Å². The summed E-state index contributed by atoms with van der Waals surface area (Å²) >= 11 is 1.68. The zero-order valence-electron chi connectivity index (χ0n) is 12.7. The monoisotopic (exact) mass is 326 g/mol. The first kappa shape index (κ1) is 14.4. The Balaban J connectivity index is 1.38. The quantitative estimate of drug-likeness (QED) is 0.802. The van der Waals surface area contributed by atoms with Crippen molar-refractivity contribution in [1.82, 2.24) is 14.9 Å². The summed E-state index contributed by atoms with van der Waals surface area (Å²) in [5.74, 6) is 0.317. The molecule has 0 atom stereocenters. The summed E-state index contributed by atoms with van der Waals surface area (Å²) in [6.45, 7) is 4.92. The second kappa shape index (κ2) is 6.14. The third-order valence-corrected chi connectivity index (χ3v) is 5.12. The van der Waals surface area contributed by atoms with Crippen molar-refractivity contribution in [2.75, 3.05) is 31.1 Å². The first-order chi connectivity index (χ1) is 11.3. The van der Waals surface area contributed by atoms with Gasteiger partial charge in [-0.3, -0.25) is 4.90 Å². The minimum atomic E-state index is 0.317. The van der Waals surface area contributed by atoms with E-state index in [0.717, 1.165) is 48.1 Å². The van der Waals surface area contributed by atoms with Crippen LogP contribution in [-0.4, -0.2) is 46.2 Å². The van der Waals surface area contributed by atoms with Gasteiger partial charge < -0.3 is 10.0 Å². The van der Waals surface area contributed by atoms with Gasteiger partial charge in [0, 0.05) is 38.1 Å². The molecule has 5 nitrogen and oxygen atoms in total. The minimum Gasteiger partial charge on any atom is -0.508 e. The van der Waals surface area contributed by atoms with Crippen molar-refractivity contribution in [2.24, 2.45) is 0 Å². The molecular weight excluding hydrogens is 308 g/mol. The summed E-state index contributed by atoms with van der Waals surface area (Å²) in [7, 11) is 0. The minimum absolute atomic E-state index is 0.317. The van der Waals surface area contributed by atoms with Gasteiger partial charge in [-0.15, -0.1) is 0 Å². The summed E-state index contributed by atoms with van der Waals surface area (Å²) in [5.41, 5.74) is 2.17. The Hall–Kier alpha value is -2.18. The number of fused-ring (bicyclic) bond motifs is 1. The second-order valence-electron chi connectivity index (χ2n) is 5.71. The Kier molecular flexibility index (Phi) is 3.85. The molecule has 23 heavy (non-hydrogen) atoms. The van der Waals surface area contributed by atoms with Crippen LogP contribution in [0.1, 0.15) is 5.01 Å². The van der Waals surface area contributed by atoms with Gasteiger partial charge in [-0.05, 0) is 36.4 Å². The average molecular weight is 326 g/mol. The van der Waals surface area contributed by atoms with Gasteiger partial charge in [-0.1, -0.05) is 11.3 Å². The van der Waals surface area contributed by atoms with E-state index in [1.54, 1.807) is 23.5 Å². The van der Waals surface area contributed by atoms with E-state index >= 15 is 0 Å². The first-order valence-corrected chi connectivity index (χ1v) is 8.56. The van der Waals surface area contributed by atoms with Crippen molar-refractivity contribution in [1.29, 1.82) is 0 Å². The molecule has 1 N–H and O–H groups in total. The normalized spacial score (nSPS) is 16.1. The molecule has 0 aliphatic carbocycles. The fourth-order valence-corrected chi connectivity index (χ4v) is 3.85. The second-order valence-corrected chi connectivity index (χ2v) is 6.78. The van der Waals surface area contributed by atoms with Gasteiger partial charge in [-0.25, -0.2) is 9.97 Å². The number of aromatic nitrogens is 2. The van der Waals surface area contributed by atoms with Crippen molar-refractivity contribution in [3.8, 4) is 5.75 Å². The van der Waals surface area contributed by atoms with Crippen molar-refractivity contribution >= 4 is 27.4 Å². The molecule has 1 aromatic carbocycles. The summed E-state index contributed by atoms with van der Waals surface area (Å²) in [5, 5.41) is 10.5. The maximum Gasteiger partial charge on any atom is 0.143 e. The third kappa shape index (κ3) is 3.13. The molecule has 118 valence electrons. The lowest BCUT2D eigenvalue weighted by Gasteiger charge is -2.35. The van der Waals surface area contributed by atoms with Gasteiger partial charge in [0.15, 0.2) is 0 Å². The van der Waals surface area contributed by atoms with Crippen LogP contribution in [0.15, 0.2) is 42.6 Å². The summed E-state index contributed by atoms with van der Waals surface area (Å²) < 4.78 is 0. The molecule has 0 saturated carbocycles. The van der Waals surface area contributed by atoms with Gasteiger partial charge in [0.05, 0.1) is 6.54 Å². The molecule has 0 radical (unpaired) electrons. The van der Waals surface area contributed by atoms with E-state index in [1.165, 1.54) is 5.69 Å². The summed E-state index contributed by atoms with van der Waals surface area (Å²) in [6.07, 6.45) is 1.82. The van der Waals surface area contributed by atoms with Crippen LogP contribution in [0.4, 0.5) is 5.69 Å². The molecule has 3 heterocycles. The number of aromatic hydroxyl groups is 1. The topological polar surface area (TPSA) is 52.5 Å². The maximum absolute atomic E-state index is 9.38. The van der Waals surface area contributed by atoms with Crippen molar-refractivity contribution in [3.63, 3.8) is 0 Å². The van der Waals surface area contributed by atoms with Gasteiger partial charge in [0.1, 0.15) is 21.1 Å². The molecular formula is C17H18N4OS. The number of nitrogens with zero attached hydrogens (tertiary/aromatic N) is 4. The molecule has 0 spiro atoms. The number of thiazole rings is 1. The number of phenolic OH excluding ortho intramolecular Hbond substituents is 1. The number of pyridine rings is 1. The SMILES string of the molecule is Oc1ccc(N2CCN(Cc3nc4cccnc4s3)CC2)cc1. The van der Waals surface area contributed by atoms with E-state index in [0.29, 0.717) is 5.75 Å². The molecule has 1 aliphatic heterocycles. The van der Waals surface area contributed by atoms with Crippen LogP contribution in [0.5, 0.6) is 5.75 Å². The smallest absolute Gasteiger partial charge is 0.143 e. The Morgan fingerprint density at radius 3 is 2.57 bits per heavy atom. The lowest BCUT2D eigenvalue weighted by Crippen LogP contribution is -2.45. The van der Waals surface area contributed by atoms with E-state index in [2.05, 4.69) is 19.8 Å². The number of anilines is 1. The Labute approximate surface area is 138 Å². The Morgan fingerprint density at radius 2 is 1.83 bits per heavy atom. The van der Waals surface area contributed by atoms with E-state index in [4.69, 9.17) is 0 Å². The predicted molar refractivity (Wildman–Crippen MR) is 93.0 cm³/mol. The number of hydrogen-bond donors (Lipinski definition) is 1. The number of hydrogen-bond acceptors (Lipinski definition) is 6. The molecule has 6 heteroatoms. The fraction of sp³-hybridized carbons (Fsp3) is 0.294. The summed E-state index contributed by atoms with van der Waals surface area (Å²) in [4.78, 5) is 14.8. The average Bonchev–Trinajstić information content (AvgIpc) is 2.98. The third-order valence-electron chi connectivity index (χ3n) is 4.16. The van der Waals surface area contributed by atoms with Crippen LogP contribution in [0.3, 0.4) is 0 Å². The Morgan fingerprint density at radius 1 is 1.04 bits per heavy atom. The van der Waals surface area contributed by atoms with E-state index in [-0.39, 0.29) is 0 Å². The van der Waals surface area contributed by atoms with Crippen molar-refractivity contribution in [2.45, 2.75) is 6.54 Å². The lowest BCUT2D eigenvalue weighted by atomic mass is 10.2. The predicted octanol–water partition coefficient (Wildman–Crippen LogP) is 2.72. The number of rotatable bonds is 3. The van der Waals surface area contributed by atoms with Crippen molar-refractivity contribution < 1.29 is 5.11 Å². The van der Waals surface area contributed by atoms with Gasteiger partial charge in [0.2, 0.25) is 0 Å². The van der Waals surface area contributed by atoms with Crippen LogP contribution in [0.2, 0.25) is 0 Å². The molecule has 1 fully saturated rings. The highest BCUT2D eigenvalue weighted by molar-refractivity contribution is 7.18. The van der Waals surface area contributed by atoms with E-state index in [9.17, 15) is 5.11 Å². The number of benzene rings is 1. The van der Waals surface area contributed by atoms with E-state index < -0.39 is 0 Å². The summed E-state index contributed by atoms with van der Waals surface area (Å²) in [6, 6.07) is 11.4. The van der Waals surface area contributed by atoms with E-state index in [1.807, 2.05) is 30.5 Å². The zero-order chi connectivity index (χ0) is 15.6. The molecule has 3 aromatic rings. The van der Waals surface area contributed by atoms with Gasteiger partial charge in [0.25, 0.3) is 0 Å². The molecule has 0 bridgehead atoms. The Bertz CT molecular complexity index is 761.